The summed E-state index contributed by atoms with van der Waals surface area (Å²) in [4.78, 5) is 36.8. The maximum atomic E-state index is 13.2. The number of aromatic nitrogens is 2. The van der Waals surface area contributed by atoms with Gasteiger partial charge in [-0.25, -0.2) is 14.2 Å². The Labute approximate surface area is 176 Å². The van der Waals surface area contributed by atoms with Crippen molar-refractivity contribution in [3.63, 3.8) is 0 Å². The smallest absolute Gasteiger partial charge is 0.433 e. The summed E-state index contributed by atoms with van der Waals surface area (Å²) in [5, 5.41) is -1.45. The van der Waals surface area contributed by atoms with Crippen molar-refractivity contribution in [1.29, 1.82) is 0 Å². The monoisotopic (exact) mass is 470 g/mol. The molecule has 0 saturated heterocycles. The van der Waals surface area contributed by atoms with Gasteiger partial charge in [0.05, 0.1) is 12.3 Å². The highest BCUT2D eigenvalue weighted by atomic mass is 35.5. The number of rotatable bonds is 4. The third-order valence-corrected chi connectivity index (χ3v) is 4.50. The number of hydrogen-bond donors (Lipinski definition) is 0. The molecule has 0 spiro atoms. The van der Waals surface area contributed by atoms with E-state index in [9.17, 15) is 27.6 Å². The first kappa shape index (κ1) is 23.1. The minimum atomic E-state index is -5.03. The molecule has 0 atom stereocenters. The van der Waals surface area contributed by atoms with Crippen LogP contribution in [-0.2, 0) is 22.8 Å². The van der Waals surface area contributed by atoms with Crippen LogP contribution in [0.5, 0.6) is 0 Å². The normalized spacial score (nSPS) is 12.2. The second-order valence-corrected chi connectivity index (χ2v) is 6.78. The topological polar surface area (TPSA) is 70.3 Å². The fraction of sp³-hybridized carbons (Fsp3) is 0.235. The van der Waals surface area contributed by atoms with E-state index in [1.54, 1.807) is 6.92 Å². The van der Waals surface area contributed by atoms with Crippen LogP contribution in [0.4, 0.5) is 13.2 Å². The molecule has 1 aromatic heterocycles. The molecule has 1 aromatic carbocycles. The second-order valence-electron chi connectivity index (χ2n) is 5.56. The Morgan fingerprint density at radius 2 is 1.86 bits per heavy atom. The minimum absolute atomic E-state index is 0.00517. The van der Waals surface area contributed by atoms with Crippen molar-refractivity contribution in [1.82, 2.24) is 9.13 Å². The Morgan fingerprint density at radius 3 is 2.41 bits per heavy atom. The molecule has 0 fully saturated rings. The van der Waals surface area contributed by atoms with E-state index in [1.807, 2.05) is 0 Å². The average molecular weight is 472 g/mol. The lowest BCUT2D eigenvalue weighted by Crippen LogP contribution is -2.42. The van der Waals surface area contributed by atoms with Crippen molar-refractivity contribution >= 4 is 46.8 Å². The van der Waals surface area contributed by atoms with Gasteiger partial charge in [0, 0.05) is 17.6 Å². The average Bonchev–Trinajstić information content (AvgIpc) is 2.61. The van der Waals surface area contributed by atoms with E-state index in [4.69, 9.17) is 39.5 Å². The van der Waals surface area contributed by atoms with Crippen molar-refractivity contribution in [3.8, 4) is 5.69 Å². The summed E-state index contributed by atoms with van der Waals surface area (Å²) < 4.78 is 44.9. The molecule has 0 radical (unpaired) electrons. The maximum Gasteiger partial charge on any atom is 0.433 e. The van der Waals surface area contributed by atoms with Crippen molar-refractivity contribution < 1.29 is 22.7 Å². The number of carbonyl (C=O) groups is 1. The number of benzene rings is 1. The zero-order valence-electron chi connectivity index (χ0n) is 14.8. The predicted octanol–water partition coefficient (Wildman–Crippen LogP) is 4.00. The lowest BCUT2D eigenvalue weighted by molar-refractivity contribution is -0.144. The predicted molar refractivity (Wildman–Crippen MR) is 103 cm³/mol. The molecule has 12 heteroatoms. The molecule has 2 aromatic rings. The van der Waals surface area contributed by atoms with Crippen LogP contribution in [0.15, 0.2) is 32.8 Å². The largest absolute Gasteiger partial charge is 0.462 e. The molecule has 0 saturated carbocycles. The lowest BCUT2D eigenvalue weighted by Gasteiger charge is -2.17. The first-order valence-corrected chi connectivity index (χ1v) is 8.96. The molecular formula is C17H12Cl3F3N2O4. The molecule has 0 N–H and O–H groups in total. The van der Waals surface area contributed by atoms with Crippen LogP contribution in [0.1, 0.15) is 18.2 Å². The fourth-order valence-electron chi connectivity index (χ4n) is 2.45. The third-order valence-electron chi connectivity index (χ3n) is 3.66. The fourth-order valence-corrected chi connectivity index (χ4v) is 3.12. The number of esters is 1. The second kappa shape index (κ2) is 8.64. The van der Waals surface area contributed by atoms with Crippen LogP contribution >= 0.6 is 34.8 Å². The maximum absolute atomic E-state index is 13.2. The highest BCUT2D eigenvalue weighted by molar-refractivity contribution is 6.43. The summed E-state index contributed by atoms with van der Waals surface area (Å²) in [6, 6.07) is 3.76. The molecule has 0 bridgehead atoms. The van der Waals surface area contributed by atoms with Crippen LogP contribution in [-0.4, -0.2) is 21.7 Å². The van der Waals surface area contributed by atoms with E-state index in [2.05, 4.69) is 0 Å². The summed E-state index contributed by atoms with van der Waals surface area (Å²) in [7, 11) is 0.823. The van der Waals surface area contributed by atoms with Crippen molar-refractivity contribution in [2.75, 3.05) is 6.61 Å². The van der Waals surface area contributed by atoms with Gasteiger partial charge >= 0.3 is 17.8 Å². The van der Waals surface area contributed by atoms with Gasteiger partial charge in [0.25, 0.3) is 5.56 Å². The zero-order valence-corrected chi connectivity index (χ0v) is 17.1. The number of ether oxygens (including phenoxy) is 1. The van der Waals surface area contributed by atoms with Gasteiger partial charge in [-0.2, -0.15) is 13.2 Å². The van der Waals surface area contributed by atoms with Gasteiger partial charge in [-0.15, -0.1) is 0 Å². The molecule has 6 nitrogen and oxygen atoms in total. The van der Waals surface area contributed by atoms with E-state index < -0.39 is 39.1 Å². The molecular weight excluding hydrogens is 460 g/mol. The molecule has 2 rings (SSSR count). The summed E-state index contributed by atoms with van der Waals surface area (Å²) >= 11 is 17.4. The number of carbonyl (C=O) groups excluding carboxylic acids is 1. The molecule has 0 unspecified atom stereocenters. The van der Waals surface area contributed by atoms with Gasteiger partial charge in [-0.3, -0.25) is 9.36 Å². The number of halogens is 6. The molecule has 1 heterocycles. The summed E-state index contributed by atoms with van der Waals surface area (Å²) in [5.41, 5.74) is -4.47. The van der Waals surface area contributed by atoms with E-state index in [1.165, 1.54) is 18.2 Å². The Morgan fingerprint density at radius 1 is 1.24 bits per heavy atom. The summed E-state index contributed by atoms with van der Waals surface area (Å²) in [6.45, 7) is 1.60. The Kier molecular flexibility index (Phi) is 6.87. The molecule has 29 heavy (non-hydrogen) atoms. The van der Waals surface area contributed by atoms with E-state index in [0.29, 0.717) is 4.57 Å². The van der Waals surface area contributed by atoms with Crippen LogP contribution in [0.3, 0.4) is 0 Å². The quantitative estimate of drug-likeness (QED) is 0.499. The van der Waals surface area contributed by atoms with Gasteiger partial charge < -0.3 is 4.74 Å². The molecule has 156 valence electrons. The van der Waals surface area contributed by atoms with Crippen LogP contribution in [0.25, 0.3) is 11.8 Å². The Bertz CT molecular complexity index is 1080. The lowest BCUT2D eigenvalue weighted by atomic mass is 10.1. The minimum Gasteiger partial charge on any atom is -0.462 e. The zero-order chi connectivity index (χ0) is 22.1. The van der Waals surface area contributed by atoms with Gasteiger partial charge in [-0.05, 0) is 31.2 Å². The van der Waals surface area contributed by atoms with Crippen molar-refractivity contribution in [3.05, 3.63) is 65.4 Å². The molecule has 0 amide bonds. The number of nitrogens with zero attached hydrogens (tertiary/aromatic N) is 2. The number of hydrogen-bond acceptors (Lipinski definition) is 4. The number of alkyl halides is 3. The summed E-state index contributed by atoms with van der Waals surface area (Å²) in [5.74, 6) is -0.884. The van der Waals surface area contributed by atoms with E-state index >= 15 is 0 Å². The molecule has 0 aliphatic carbocycles. The highest BCUT2D eigenvalue weighted by Crippen LogP contribution is 2.32. The summed E-state index contributed by atoms with van der Waals surface area (Å²) in [6.07, 6.45) is -3.96. The first-order chi connectivity index (χ1) is 13.4. The molecule has 0 aliphatic rings. The Balaban J connectivity index is 2.85. The SMILES string of the molecule is CCOC(=O)C(Cl)=Cc1cc(Cl)ccc1-n1c(=O)c(Cl)c(C(F)(F)F)n(C)c1=O. The van der Waals surface area contributed by atoms with Crippen LogP contribution in [0, 0.1) is 0 Å². The van der Waals surface area contributed by atoms with Gasteiger partial charge in [0.15, 0.2) is 5.69 Å². The van der Waals surface area contributed by atoms with E-state index in [0.717, 1.165) is 13.1 Å². The Hall–Kier alpha value is -2.23. The van der Waals surface area contributed by atoms with E-state index in [-0.39, 0.29) is 27.4 Å². The molecule has 0 aliphatic heterocycles. The van der Waals surface area contributed by atoms with Gasteiger partial charge in [0.2, 0.25) is 0 Å². The third kappa shape index (κ3) is 4.68. The van der Waals surface area contributed by atoms with Crippen LogP contribution in [0.2, 0.25) is 10.0 Å². The van der Waals surface area contributed by atoms with Crippen molar-refractivity contribution in [2.45, 2.75) is 13.1 Å². The standard InChI is InChI=1S/C17H12Cl3F3N2O4/c1-3-29-15(27)10(19)7-8-6-9(18)4-5-11(8)25-14(26)12(20)13(17(21,22)23)24(2)16(25)28/h4-7H,3H2,1-2H3. The van der Waals surface area contributed by atoms with Gasteiger partial charge in [-0.1, -0.05) is 34.8 Å². The van der Waals surface area contributed by atoms with Crippen molar-refractivity contribution in [2.24, 2.45) is 7.05 Å². The first-order valence-electron chi connectivity index (χ1n) is 7.83. The highest BCUT2D eigenvalue weighted by Gasteiger charge is 2.39. The van der Waals surface area contributed by atoms with Crippen LogP contribution < -0.4 is 11.2 Å². The van der Waals surface area contributed by atoms with Gasteiger partial charge in [0.1, 0.15) is 10.1 Å².